The van der Waals surface area contributed by atoms with Gasteiger partial charge in [0.1, 0.15) is 5.82 Å². The van der Waals surface area contributed by atoms with Crippen LogP contribution in [0.1, 0.15) is 39.5 Å². The van der Waals surface area contributed by atoms with Crippen LogP contribution in [0.5, 0.6) is 0 Å². The van der Waals surface area contributed by atoms with Crippen LogP contribution in [0.3, 0.4) is 0 Å². The van der Waals surface area contributed by atoms with Gasteiger partial charge in [0, 0.05) is 13.1 Å². The monoisotopic (exact) mass is 413 g/mol. The van der Waals surface area contributed by atoms with Gasteiger partial charge in [0.25, 0.3) is 11.8 Å². The Morgan fingerprint density at radius 1 is 1.00 bits per heavy atom. The molecule has 8 heteroatoms. The number of carbonyl (C=O) groups excluding carboxylic acids is 2. The number of halogens is 1. The fourth-order valence-corrected chi connectivity index (χ4v) is 4.11. The highest BCUT2D eigenvalue weighted by Crippen LogP contribution is 2.31. The van der Waals surface area contributed by atoms with Crippen molar-refractivity contribution < 1.29 is 18.4 Å². The summed E-state index contributed by atoms with van der Waals surface area (Å²) in [5.74, 6) is -0.951. The van der Waals surface area contributed by atoms with Gasteiger partial charge in [-0.1, -0.05) is 0 Å². The number of piperidine rings is 1. The Kier molecular flexibility index (Phi) is 5.62. The number of benzene rings is 1. The van der Waals surface area contributed by atoms with Crippen LogP contribution in [0, 0.1) is 5.82 Å². The normalized spacial score (nSPS) is 13.9. The summed E-state index contributed by atoms with van der Waals surface area (Å²) in [6.07, 6.45) is 4.75. The van der Waals surface area contributed by atoms with Crippen LogP contribution < -0.4 is 15.5 Å². The number of thiophene rings is 1. The van der Waals surface area contributed by atoms with Gasteiger partial charge < -0.3 is 20.0 Å². The predicted molar refractivity (Wildman–Crippen MR) is 111 cm³/mol. The molecule has 0 bridgehead atoms. The molecule has 1 aliphatic heterocycles. The zero-order valence-electron chi connectivity index (χ0n) is 15.6. The second kappa shape index (κ2) is 8.48. The SMILES string of the molecule is O=C(Nc1ccc(C(=O)Nc2cc(F)ccc2N2CCCCC2)s1)c1ccco1. The van der Waals surface area contributed by atoms with Crippen molar-refractivity contribution in [2.24, 2.45) is 0 Å². The van der Waals surface area contributed by atoms with E-state index in [0.29, 0.717) is 15.6 Å². The van der Waals surface area contributed by atoms with Gasteiger partial charge in [-0.25, -0.2) is 4.39 Å². The van der Waals surface area contributed by atoms with Crippen molar-refractivity contribution >= 4 is 39.5 Å². The Balaban J connectivity index is 1.48. The quantitative estimate of drug-likeness (QED) is 0.619. The number of anilines is 3. The summed E-state index contributed by atoms with van der Waals surface area (Å²) in [5, 5.41) is 6.03. The van der Waals surface area contributed by atoms with E-state index >= 15 is 0 Å². The molecule has 29 heavy (non-hydrogen) atoms. The Morgan fingerprint density at radius 2 is 1.83 bits per heavy atom. The average Bonchev–Trinajstić information content (AvgIpc) is 3.41. The van der Waals surface area contributed by atoms with Crippen molar-refractivity contribution in [2.45, 2.75) is 19.3 Å². The minimum Gasteiger partial charge on any atom is -0.459 e. The molecule has 1 saturated heterocycles. The summed E-state index contributed by atoms with van der Waals surface area (Å²) in [6, 6.07) is 10.9. The van der Waals surface area contributed by atoms with E-state index in [-0.39, 0.29) is 17.6 Å². The van der Waals surface area contributed by atoms with Crippen molar-refractivity contribution in [2.75, 3.05) is 28.6 Å². The maximum atomic E-state index is 13.8. The average molecular weight is 413 g/mol. The molecule has 0 aliphatic carbocycles. The lowest BCUT2D eigenvalue weighted by molar-refractivity contribution is 0.0995. The third-order valence-electron chi connectivity index (χ3n) is 4.72. The standard InChI is InChI=1S/C21H20FN3O3S/c22-14-6-7-16(25-10-2-1-3-11-25)15(13-14)23-21(27)18-8-9-19(29-18)24-20(26)17-5-4-12-28-17/h4-9,12-13H,1-3,10-11H2,(H,23,27)(H,24,26). The highest BCUT2D eigenvalue weighted by molar-refractivity contribution is 7.18. The van der Waals surface area contributed by atoms with Gasteiger partial charge >= 0.3 is 0 Å². The molecular weight excluding hydrogens is 393 g/mol. The predicted octanol–water partition coefficient (Wildman–Crippen LogP) is 4.98. The number of nitrogens with zero attached hydrogens (tertiary/aromatic N) is 1. The Labute approximate surface area is 171 Å². The van der Waals surface area contributed by atoms with Crippen LogP contribution in [0.2, 0.25) is 0 Å². The molecular formula is C21H20FN3O3S. The lowest BCUT2D eigenvalue weighted by atomic mass is 10.1. The summed E-state index contributed by atoms with van der Waals surface area (Å²) in [4.78, 5) is 27.4. The van der Waals surface area contributed by atoms with Crippen molar-refractivity contribution in [3.63, 3.8) is 0 Å². The second-order valence-electron chi connectivity index (χ2n) is 6.76. The van der Waals surface area contributed by atoms with Crippen molar-refractivity contribution in [1.82, 2.24) is 0 Å². The molecule has 0 atom stereocenters. The molecule has 1 fully saturated rings. The largest absolute Gasteiger partial charge is 0.459 e. The summed E-state index contributed by atoms with van der Waals surface area (Å²) in [6.45, 7) is 1.77. The number of hydrogen-bond donors (Lipinski definition) is 2. The summed E-state index contributed by atoms with van der Waals surface area (Å²) in [7, 11) is 0. The van der Waals surface area contributed by atoms with Crippen molar-refractivity contribution in [1.29, 1.82) is 0 Å². The first-order valence-electron chi connectivity index (χ1n) is 9.41. The minimum atomic E-state index is -0.404. The summed E-state index contributed by atoms with van der Waals surface area (Å²) >= 11 is 1.14. The molecule has 4 rings (SSSR count). The van der Waals surface area contributed by atoms with E-state index in [9.17, 15) is 14.0 Å². The molecule has 1 aromatic carbocycles. The van der Waals surface area contributed by atoms with Crippen LogP contribution in [0.15, 0.2) is 53.1 Å². The number of rotatable bonds is 5. The first-order chi connectivity index (χ1) is 14.1. The van der Waals surface area contributed by atoms with Crippen LogP contribution in [-0.4, -0.2) is 24.9 Å². The van der Waals surface area contributed by atoms with Gasteiger partial charge in [0.15, 0.2) is 5.76 Å². The van der Waals surface area contributed by atoms with Crippen molar-refractivity contribution in [3.05, 3.63) is 65.2 Å². The Morgan fingerprint density at radius 3 is 2.59 bits per heavy atom. The van der Waals surface area contributed by atoms with E-state index in [1.807, 2.05) is 0 Å². The van der Waals surface area contributed by atoms with Gasteiger partial charge in [-0.3, -0.25) is 9.59 Å². The summed E-state index contributed by atoms with van der Waals surface area (Å²) in [5.41, 5.74) is 1.27. The highest BCUT2D eigenvalue weighted by atomic mass is 32.1. The molecule has 0 radical (unpaired) electrons. The third-order valence-corrected chi connectivity index (χ3v) is 5.71. The number of nitrogens with one attached hydrogen (secondary N) is 2. The van der Waals surface area contributed by atoms with Crippen LogP contribution >= 0.6 is 11.3 Å². The van der Waals surface area contributed by atoms with E-state index in [2.05, 4.69) is 15.5 Å². The van der Waals surface area contributed by atoms with Crippen LogP contribution in [0.25, 0.3) is 0 Å². The fourth-order valence-electron chi connectivity index (χ4n) is 3.31. The van der Waals surface area contributed by atoms with Gasteiger partial charge in [-0.05, 0) is 61.7 Å². The summed E-state index contributed by atoms with van der Waals surface area (Å²) < 4.78 is 18.9. The third kappa shape index (κ3) is 4.48. The van der Waals surface area contributed by atoms with Crippen LogP contribution in [0.4, 0.5) is 20.8 Å². The molecule has 0 saturated carbocycles. The highest BCUT2D eigenvalue weighted by Gasteiger charge is 2.18. The molecule has 3 heterocycles. The van der Waals surface area contributed by atoms with Crippen LogP contribution in [-0.2, 0) is 0 Å². The topological polar surface area (TPSA) is 74.6 Å². The van der Waals surface area contributed by atoms with Crippen molar-refractivity contribution in [3.8, 4) is 0 Å². The number of amides is 2. The van der Waals surface area contributed by atoms with E-state index in [0.717, 1.165) is 43.0 Å². The molecule has 2 aromatic heterocycles. The maximum Gasteiger partial charge on any atom is 0.291 e. The molecule has 0 spiro atoms. The van der Waals surface area contributed by atoms with E-state index in [1.54, 1.807) is 30.3 Å². The van der Waals surface area contributed by atoms with E-state index in [1.165, 1.54) is 24.8 Å². The molecule has 0 unspecified atom stereocenters. The molecule has 1 aliphatic rings. The first kappa shape index (κ1) is 19.2. The van der Waals surface area contributed by atoms with Gasteiger partial charge in [0.05, 0.1) is 27.5 Å². The zero-order valence-corrected chi connectivity index (χ0v) is 16.4. The lowest BCUT2D eigenvalue weighted by Crippen LogP contribution is -2.30. The first-order valence-corrected chi connectivity index (χ1v) is 10.2. The smallest absolute Gasteiger partial charge is 0.291 e. The zero-order chi connectivity index (χ0) is 20.2. The Hall–Kier alpha value is -3.13. The number of carbonyl (C=O) groups is 2. The molecule has 3 aromatic rings. The molecule has 6 nitrogen and oxygen atoms in total. The molecule has 2 amide bonds. The maximum absolute atomic E-state index is 13.8. The number of hydrogen-bond acceptors (Lipinski definition) is 5. The fraction of sp³-hybridized carbons (Fsp3) is 0.238. The molecule has 150 valence electrons. The van der Waals surface area contributed by atoms with E-state index < -0.39 is 5.82 Å². The van der Waals surface area contributed by atoms with E-state index in [4.69, 9.17) is 4.42 Å². The van der Waals surface area contributed by atoms with Gasteiger partial charge in [-0.2, -0.15) is 0 Å². The second-order valence-corrected chi connectivity index (χ2v) is 7.84. The Bertz CT molecular complexity index is 1010. The van der Waals surface area contributed by atoms with Gasteiger partial charge in [-0.15, -0.1) is 11.3 Å². The van der Waals surface area contributed by atoms with Gasteiger partial charge in [0.2, 0.25) is 0 Å². The lowest BCUT2D eigenvalue weighted by Gasteiger charge is -2.30. The molecule has 2 N–H and O–H groups in total. The number of furan rings is 1. The minimum absolute atomic E-state index is 0.190.